The van der Waals surface area contributed by atoms with Gasteiger partial charge in [-0.1, -0.05) is 53.5 Å². The number of anilines is 1. The van der Waals surface area contributed by atoms with Gasteiger partial charge in [0.05, 0.1) is 27.8 Å². The third-order valence-electron chi connectivity index (χ3n) is 13.0. The number of aryl methyl sites for hydroxylation is 1. The molecular weight excluding hydrogens is 760 g/mol. The number of alkyl halides is 1. The Labute approximate surface area is 341 Å². The van der Waals surface area contributed by atoms with Crippen molar-refractivity contribution in [2.24, 2.45) is 0 Å². The molecule has 0 spiro atoms. The van der Waals surface area contributed by atoms with Crippen molar-refractivity contribution in [2.45, 2.75) is 121 Å². The molecule has 0 bridgehead atoms. The SMILES string of the molecule is COCOc1cc(-c2nc(C)c3c(N4CCCC(C)(O)C4)nc(OC[C@@]45CCCN4C[C@H](F)C5)nc3c2F)c2c(C#C[Si](C(C)C)(C(C)C)C(C)C)c(F)ccc2c1. The molecule has 0 saturated carbocycles. The highest BCUT2D eigenvalue weighted by Gasteiger charge is 2.49. The monoisotopic (exact) mass is 817 g/mol. The van der Waals surface area contributed by atoms with E-state index in [1.807, 2.05) is 4.90 Å². The molecule has 3 aliphatic heterocycles. The molecule has 3 saturated heterocycles. The number of aliphatic hydroxyl groups is 1. The number of pyridine rings is 1. The number of hydrogen-bond acceptors (Lipinski definition) is 9. The summed E-state index contributed by atoms with van der Waals surface area (Å²) in [6.07, 6.45) is 2.45. The zero-order chi connectivity index (χ0) is 41.7. The molecule has 58 heavy (non-hydrogen) atoms. The van der Waals surface area contributed by atoms with Crippen LogP contribution in [0.15, 0.2) is 24.3 Å². The Morgan fingerprint density at radius 3 is 2.38 bits per heavy atom. The highest BCUT2D eigenvalue weighted by molar-refractivity contribution is 6.90. The predicted molar refractivity (Wildman–Crippen MR) is 226 cm³/mol. The maximum absolute atomic E-state index is 17.7. The lowest BCUT2D eigenvalue weighted by atomic mass is 9.94. The van der Waals surface area contributed by atoms with Crippen LogP contribution >= 0.6 is 0 Å². The Bertz CT molecular complexity index is 2240. The van der Waals surface area contributed by atoms with E-state index < -0.39 is 37.0 Å². The second kappa shape index (κ2) is 16.2. The van der Waals surface area contributed by atoms with Crippen LogP contribution in [0.1, 0.15) is 91.8 Å². The fourth-order valence-electron chi connectivity index (χ4n) is 10.4. The van der Waals surface area contributed by atoms with Crippen LogP contribution in [-0.4, -0.2) is 97.0 Å². The van der Waals surface area contributed by atoms with Gasteiger partial charge in [-0.05, 0) is 86.3 Å². The zero-order valence-corrected chi connectivity index (χ0v) is 36.4. The van der Waals surface area contributed by atoms with E-state index in [4.69, 9.17) is 29.2 Å². The van der Waals surface area contributed by atoms with E-state index in [-0.39, 0.29) is 42.7 Å². The lowest BCUT2D eigenvalue weighted by Gasteiger charge is -2.38. The average Bonchev–Trinajstić information content (AvgIpc) is 3.69. The summed E-state index contributed by atoms with van der Waals surface area (Å²) in [6.45, 7) is 18.9. The molecule has 13 heteroatoms. The molecule has 2 aromatic heterocycles. The summed E-state index contributed by atoms with van der Waals surface area (Å²) >= 11 is 0. The summed E-state index contributed by atoms with van der Waals surface area (Å²) in [6, 6.07) is 6.43. The molecule has 7 rings (SSSR count). The first-order chi connectivity index (χ1) is 27.5. The van der Waals surface area contributed by atoms with Gasteiger partial charge >= 0.3 is 6.01 Å². The number of methoxy groups -OCH3 is 1. The Balaban J connectivity index is 1.46. The molecule has 1 N–H and O–H groups in total. The van der Waals surface area contributed by atoms with Crippen LogP contribution in [0.25, 0.3) is 32.9 Å². The third-order valence-corrected chi connectivity index (χ3v) is 19.3. The number of aromatic nitrogens is 3. The molecule has 3 atom stereocenters. The van der Waals surface area contributed by atoms with Gasteiger partial charge in [0.15, 0.2) is 12.6 Å². The van der Waals surface area contributed by atoms with Gasteiger partial charge < -0.3 is 24.2 Å². The van der Waals surface area contributed by atoms with Crippen molar-refractivity contribution in [2.75, 3.05) is 51.6 Å². The van der Waals surface area contributed by atoms with Crippen LogP contribution in [0, 0.1) is 30.0 Å². The van der Waals surface area contributed by atoms with Gasteiger partial charge in [0, 0.05) is 44.1 Å². The van der Waals surface area contributed by atoms with Crippen LogP contribution in [0.2, 0.25) is 16.6 Å². The highest BCUT2D eigenvalue weighted by atomic mass is 28.3. The van der Waals surface area contributed by atoms with Crippen molar-refractivity contribution in [1.29, 1.82) is 0 Å². The van der Waals surface area contributed by atoms with E-state index in [9.17, 15) is 9.50 Å². The van der Waals surface area contributed by atoms with E-state index in [2.05, 4.69) is 57.9 Å². The summed E-state index contributed by atoms with van der Waals surface area (Å²) in [7, 11) is -0.796. The highest BCUT2D eigenvalue weighted by Crippen LogP contribution is 2.44. The van der Waals surface area contributed by atoms with Gasteiger partial charge in [0.1, 0.15) is 49.4 Å². The standard InChI is InChI=1S/C45H58F3N5O4Si/c1-27(2)58(28(3)4,29(5)6)19-14-34-36(47)13-12-31-20-33(57-26-55-9)21-35(38(31)34)40-39(48)41-37(30(7)49-40)42(52-17-10-15-44(8,54)24-52)51-43(50-41)56-25-45-16-11-18-53(45)23-32(46)22-45/h12-13,20-21,27-29,32,54H,10-11,15-18,22-26H2,1-9H3/t32-,44?,45+/m1/s1. The zero-order valence-electron chi connectivity index (χ0n) is 35.4. The van der Waals surface area contributed by atoms with Crippen LogP contribution < -0.4 is 14.4 Å². The molecule has 5 heterocycles. The molecular formula is C45H58F3N5O4Si. The molecule has 312 valence electrons. The number of fused-ring (bicyclic) bond motifs is 3. The van der Waals surface area contributed by atoms with E-state index in [1.54, 1.807) is 32.0 Å². The van der Waals surface area contributed by atoms with Crippen LogP contribution in [0.4, 0.5) is 19.0 Å². The number of ether oxygens (including phenoxy) is 3. The second-order valence-electron chi connectivity index (χ2n) is 18.0. The Kier molecular flexibility index (Phi) is 11.8. The first-order valence-electron chi connectivity index (χ1n) is 20.8. The van der Waals surface area contributed by atoms with Gasteiger partial charge in [-0.15, -0.1) is 5.54 Å². The molecule has 0 radical (unpaired) electrons. The number of β-amino-alcohol motifs (C(OH)–C–C–N with tert-alkyl or cyclic N) is 1. The Hall–Kier alpha value is -3.96. The van der Waals surface area contributed by atoms with Gasteiger partial charge in [-0.25, -0.2) is 18.2 Å². The fourth-order valence-corrected chi connectivity index (χ4v) is 15.6. The number of nitrogens with zero attached hydrogens (tertiary/aromatic N) is 5. The fraction of sp³-hybridized carbons (Fsp3) is 0.578. The maximum Gasteiger partial charge on any atom is 0.319 e. The van der Waals surface area contributed by atoms with Crippen molar-refractivity contribution in [3.05, 3.63) is 47.2 Å². The second-order valence-corrected chi connectivity index (χ2v) is 23.6. The van der Waals surface area contributed by atoms with Gasteiger partial charge in [0.2, 0.25) is 0 Å². The number of halogens is 3. The summed E-state index contributed by atoms with van der Waals surface area (Å²) in [5, 5.41) is 12.6. The van der Waals surface area contributed by atoms with Crippen molar-refractivity contribution < 1.29 is 32.5 Å². The number of piperidine rings is 1. The minimum absolute atomic E-state index is 0.0190. The molecule has 3 aliphatic rings. The molecule has 1 unspecified atom stereocenters. The van der Waals surface area contributed by atoms with E-state index in [0.29, 0.717) is 88.0 Å². The molecule has 4 aromatic rings. The van der Waals surface area contributed by atoms with Crippen LogP contribution in [0.5, 0.6) is 11.8 Å². The summed E-state index contributed by atoms with van der Waals surface area (Å²) < 4.78 is 66.2. The number of hydrogen-bond donors (Lipinski definition) is 1. The minimum Gasteiger partial charge on any atom is -0.468 e. The first-order valence-corrected chi connectivity index (χ1v) is 23.0. The third kappa shape index (κ3) is 7.66. The van der Waals surface area contributed by atoms with E-state index in [0.717, 1.165) is 19.4 Å². The lowest BCUT2D eigenvalue weighted by Crippen LogP contribution is -2.46. The minimum atomic E-state index is -2.31. The topological polar surface area (TPSA) is 93.1 Å². The van der Waals surface area contributed by atoms with Crippen LogP contribution in [-0.2, 0) is 4.74 Å². The molecule has 9 nitrogen and oxygen atoms in total. The quantitative estimate of drug-likeness (QED) is 0.0904. The Morgan fingerprint density at radius 2 is 1.69 bits per heavy atom. The van der Waals surface area contributed by atoms with Crippen molar-refractivity contribution in [1.82, 2.24) is 19.9 Å². The number of benzene rings is 2. The molecule has 0 amide bonds. The van der Waals surface area contributed by atoms with Crippen molar-refractivity contribution in [3.8, 4) is 34.5 Å². The van der Waals surface area contributed by atoms with E-state index >= 15 is 8.78 Å². The van der Waals surface area contributed by atoms with Crippen molar-refractivity contribution >= 4 is 35.6 Å². The van der Waals surface area contributed by atoms with Gasteiger partial charge in [-0.2, -0.15) is 9.97 Å². The van der Waals surface area contributed by atoms with Gasteiger partial charge in [0.25, 0.3) is 0 Å². The van der Waals surface area contributed by atoms with Crippen molar-refractivity contribution in [3.63, 3.8) is 0 Å². The average molecular weight is 818 g/mol. The van der Waals surface area contributed by atoms with Crippen LogP contribution in [0.3, 0.4) is 0 Å². The maximum atomic E-state index is 17.7. The molecule has 3 fully saturated rings. The van der Waals surface area contributed by atoms with E-state index in [1.165, 1.54) is 13.2 Å². The lowest BCUT2D eigenvalue weighted by molar-refractivity contribution is 0.0447. The summed E-state index contributed by atoms with van der Waals surface area (Å²) in [5.74, 6) is 2.87. The first kappa shape index (κ1) is 42.2. The predicted octanol–water partition coefficient (Wildman–Crippen LogP) is 9.29. The molecule has 0 aliphatic carbocycles. The Morgan fingerprint density at radius 1 is 0.966 bits per heavy atom. The summed E-state index contributed by atoms with van der Waals surface area (Å²) in [5.41, 5.74) is 3.98. The number of rotatable bonds is 11. The summed E-state index contributed by atoms with van der Waals surface area (Å²) in [4.78, 5) is 18.6. The smallest absolute Gasteiger partial charge is 0.319 e. The largest absolute Gasteiger partial charge is 0.468 e. The molecule has 2 aromatic carbocycles. The normalized spacial score (nSPS) is 22.7. The van der Waals surface area contributed by atoms with Gasteiger partial charge in [-0.3, -0.25) is 4.90 Å².